The number of ether oxygens (including phenoxy) is 1. The Morgan fingerprint density at radius 2 is 1.88 bits per heavy atom. The zero-order valence-corrected chi connectivity index (χ0v) is 13.1. The Balaban J connectivity index is 2.01. The lowest BCUT2D eigenvalue weighted by Crippen LogP contribution is -2.38. The van der Waals surface area contributed by atoms with Crippen molar-refractivity contribution in [2.75, 3.05) is 4.90 Å². The molecule has 0 unspecified atom stereocenters. The van der Waals surface area contributed by atoms with E-state index in [9.17, 15) is 18.0 Å². The number of nitrogens with one attached hydrogen (secondary N) is 1. The molecule has 0 saturated heterocycles. The first-order valence-corrected chi connectivity index (χ1v) is 7.22. The third kappa shape index (κ3) is 5.24. The molecule has 0 saturated carbocycles. The molecule has 4 nitrogen and oxygen atoms in total. The molecule has 0 heterocycles. The summed E-state index contributed by atoms with van der Waals surface area (Å²) < 4.78 is 40.5. The van der Waals surface area contributed by atoms with Crippen molar-refractivity contribution in [2.45, 2.75) is 12.9 Å². The van der Waals surface area contributed by atoms with Gasteiger partial charge in [0.1, 0.15) is 5.75 Å². The zero-order chi connectivity index (χ0) is 17.6. The van der Waals surface area contributed by atoms with Gasteiger partial charge in [-0.1, -0.05) is 30.3 Å². The number of carbonyl (C=O) groups is 1. The molecule has 1 N–H and O–H groups in total. The molecule has 126 valence electrons. The molecule has 0 aromatic heterocycles. The molecule has 0 radical (unpaired) electrons. The van der Waals surface area contributed by atoms with E-state index in [1.807, 2.05) is 0 Å². The summed E-state index contributed by atoms with van der Waals surface area (Å²) in [6, 6.07) is 14.2. The monoisotopic (exact) mass is 354 g/mol. The lowest BCUT2D eigenvalue weighted by Gasteiger charge is -2.19. The second-order valence-electron chi connectivity index (χ2n) is 4.66. The maximum Gasteiger partial charge on any atom is 0.573 e. The van der Waals surface area contributed by atoms with E-state index in [2.05, 4.69) is 10.1 Å². The quantitative estimate of drug-likeness (QED) is 0.658. The van der Waals surface area contributed by atoms with E-state index in [1.165, 1.54) is 23.1 Å². The summed E-state index contributed by atoms with van der Waals surface area (Å²) in [5.74, 6) is -0.317. The molecule has 0 aliphatic heterocycles. The second-order valence-corrected chi connectivity index (χ2v) is 5.05. The summed E-state index contributed by atoms with van der Waals surface area (Å²) in [4.78, 5) is 12.5. The molecule has 0 atom stereocenters. The normalized spacial score (nSPS) is 10.8. The predicted octanol–water partition coefficient (Wildman–Crippen LogP) is 3.62. The fraction of sp³-hybridized carbons (Fsp3) is 0.125. The summed E-state index contributed by atoms with van der Waals surface area (Å²) in [5.41, 5.74) is 1.11. The molecule has 1 amide bonds. The van der Waals surface area contributed by atoms with Crippen LogP contribution in [-0.2, 0) is 11.3 Å². The van der Waals surface area contributed by atoms with Crippen LogP contribution in [0.5, 0.6) is 5.75 Å². The van der Waals surface area contributed by atoms with Gasteiger partial charge in [-0.25, -0.2) is 0 Å². The number of amides is 1. The molecule has 0 bridgehead atoms. The molecule has 0 aliphatic rings. The van der Waals surface area contributed by atoms with Gasteiger partial charge in [0.15, 0.2) is 5.11 Å². The number of hydrogen-bond donors (Lipinski definition) is 1. The summed E-state index contributed by atoms with van der Waals surface area (Å²) in [7, 11) is 0. The van der Waals surface area contributed by atoms with E-state index in [1.54, 1.807) is 36.4 Å². The molecular weight excluding hydrogens is 341 g/mol. The van der Waals surface area contributed by atoms with Gasteiger partial charge in [-0.05, 0) is 42.0 Å². The van der Waals surface area contributed by atoms with Crippen LogP contribution in [0, 0.1) is 0 Å². The molecule has 0 fully saturated rings. The lowest BCUT2D eigenvalue weighted by molar-refractivity contribution is -0.274. The number of nitrogens with zero attached hydrogens (tertiary/aromatic N) is 1. The standard InChI is InChI=1S/C16H13F3N2O2S/c17-16(18,19)23-14-8-4-5-12(9-14)10-20-15(24)21(11-22)13-6-2-1-3-7-13/h1-9,11H,10H2,(H,20,24). The highest BCUT2D eigenvalue weighted by Gasteiger charge is 2.31. The van der Waals surface area contributed by atoms with Crippen molar-refractivity contribution in [3.8, 4) is 5.75 Å². The van der Waals surface area contributed by atoms with Gasteiger partial charge in [-0.3, -0.25) is 9.69 Å². The fourth-order valence-corrected chi connectivity index (χ4v) is 2.15. The Kier molecular flexibility index (Phi) is 5.75. The minimum atomic E-state index is -4.75. The van der Waals surface area contributed by atoms with E-state index in [-0.39, 0.29) is 17.4 Å². The topological polar surface area (TPSA) is 41.6 Å². The van der Waals surface area contributed by atoms with Crippen LogP contribution in [0.3, 0.4) is 0 Å². The van der Waals surface area contributed by atoms with Crippen molar-refractivity contribution in [1.82, 2.24) is 5.32 Å². The second kappa shape index (κ2) is 7.78. The van der Waals surface area contributed by atoms with Crippen LogP contribution in [0.2, 0.25) is 0 Å². The highest BCUT2D eigenvalue weighted by atomic mass is 32.1. The fourth-order valence-electron chi connectivity index (χ4n) is 1.93. The lowest BCUT2D eigenvalue weighted by atomic mass is 10.2. The van der Waals surface area contributed by atoms with Gasteiger partial charge in [-0.15, -0.1) is 13.2 Å². The number of thiocarbonyl (C=S) groups is 1. The van der Waals surface area contributed by atoms with Crippen LogP contribution in [0.1, 0.15) is 5.56 Å². The highest BCUT2D eigenvalue weighted by molar-refractivity contribution is 7.80. The first kappa shape index (κ1) is 17.7. The minimum absolute atomic E-state index is 0.137. The number of anilines is 1. The van der Waals surface area contributed by atoms with E-state index >= 15 is 0 Å². The molecule has 2 rings (SSSR count). The van der Waals surface area contributed by atoms with Crippen molar-refractivity contribution >= 4 is 29.4 Å². The molecule has 2 aromatic carbocycles. The van der Waals surface area contributed by atoms with E-state index in [0.717, 1.165) is 0 Å². The highest BCUT2D eigenvalue weighted by Crippen LogP contribution is 2.23. The maximum atomic E-state index is 12.2. The van der Waals surface area contributed by atoms with Crippen LogP contribution in [0.15, 0.2) is 54.6 Å². The number of halogens is 3. The number of benzene rings is 2. The van der Waals surface area contributed by atoms with Gasteiger partial charge in [0.25, 0.3) is 0 Å². The molecule has 24 heavy (non-hydrogen) atoms. The maximum absolute atomic E-state index is 12.2. The number of alkyl halides is 3. The minimum Gasteiger partial charge on any atom is -0.406 e. The van der Waals surface area contributed by atoms with E-state index < -0.39 is 6.36 Å². The molecule has 0 spiro atoms. The van der Waals surface area contributed by atoms with Gasteiger partial charge in [0.05, 0.1) is 5.69 Å². The van der Waals surface area contributed by atoms with Gasteiger partial charge < -0.3 is 10.1 Å². The summed E-state index contributed by atoms with van der Waals surface area (Å²) >= 11 is 5.15. The Bertz CT molecular complexity index is 708. The van der Waals surface area contributed by atoms with Crippen molar-refractivity contribution in [2.24, 2.45) is 0 Å². The summed E-state index contributed by atoms with van der Waals surface area (Å²) in [5, 5.41) is 2.97. The first-order valence-electron chi connectivity index (χ1n) is 6.81. The molecular formula is C16H13F3N2O2S. The zero-order valence-electron chi connectivity index (χ0n) is 12.3. The van der Waals surface area contributed by atoms with Crippen LogP contribution < -0.4 is 15.0 Å². The third-order valence-electron chi connectivity index (χ3n) is 2.93. The third-order valence-corrected chi connectivity index (χ3v) is 3.28. The predicted molar refractivity (Wildman–Crippen MR) is 87.5 cm³/mol. The smallest absolute Gasteiger partial charge is 0.406 e. The van der Waals surface area contributed by atoms with Gasteiger partial charge in [-0.2, -0.15) is 0 Å². The van der Waals surface area contributed by atoms with Crippen molar-refractivity contribution in [3.05, 3.63) is 60.2 Å². The van der Waals surface area contributed by atoms with Crippen LogP contribution in [-0.4, -0.2) is 17.9 Å². The SMILES string of the molecule is O=CN(C(=S)NCc1cccc(OC(F)(F)F)c1)c1ccccc1. The Morgan fingerprint density at radius 1 is 1.17 bits per heavy atom. The average Bonchev–Trinajstić information content (AvgIpc) is 2.53. The number of para-hydroxylation sites is 1. The Morgan fingerprint density at radius 3 is 2.50 bits per heavy atom. The first-order chi connectivity index (χ1) is 11.4. The Hall–Kier alpha value is -2.61. The van der Waals surface area contributed by atoms with Gasteiger partial charge in [0, 0.05) is 6.54 Å². The van der Waals surface area contributed by atoms with Crippen molar-refractivity contribution < 1.29 is 22.7 Å². The van der Waals surface area contributed by atoms with E-state index in [4.69, 9.17) is 12.2 Å². The van der Waals surface area contributed by atoms with Crippen molar-refractivity contribution in [3.63, 3.8) is 0 Å². The number of hydrogen-bond acceptors (Lipinski definition) is 3. The van der Waals surface area contributed by atoms with Crippen LogP contribution >= 0.6 is 12.2 Å². The van der Waals surface area contributed by atoms with Crippen LogP contribution in [0.25, 0.3) is 0 Å². The van der Waals surface area contributed by atoms with E-state index in [0.29, 0.717) is 17.7 Å². The number of carbonyl (C=O) groups excluding carboxylic acids is 1. The Labute approximate surface area is 141 Å². The summed E-state index contributed by atoms with van der Waals surface area (Å²) in [6.07, 6.45) is -4.18. The van der Waals surface area contributed by atoms with Gasteiger partial charge >= 0.3 is 6.36 Å². The van der Waals surface area contributed by atoms with Crippen LogP contribution in [0.4, 0.5) is 18.9 Å². The number of rotatable bonds is 5. The molecule has 0 aliphatic carbocycles. The largest absolute Gasteiger partial charge is 0.573 e. The molecule has 8 heteroatoms. The molecule has 2 aromatic rings. The van der Waals surface area contributed by atoms with Gasteiger partial charge in [0.2, 0.25) is 6.41 Å². The summed E-state index contributed by atoms with van der Waals surface area (Å²) in [6.45, 7) is 0.144. The average molecular weight is 354 g/mol. The van der Waals surface area contributed by atoms with Crippen molar-refractivity contribution in [1.29, 1.82) is 0 Å².